The van der Waals surface area contributed by atoms with E-state index in [1.165, 1.54) is 0 Å². The number of anilines is 4. The summed E-state index contributed by atoms with van der Waals surface area (Å²) in [4.78, 5) is 36.4. The maximum absolute atomic E-state index is 13.1. The molecule has 3 heterocycles. The Morgan fingerprint density at radius 3 is 2.32 bits per heavy atom. The third kappa shape index (κ3) is 5.89. The normalized spacial score (nSPS) is 14.0. The van der Waals surface area contributed by atoms with Gasteiger partial charge in [0.25, 0.3) is 5.91 Å². The van der Waals surface area contributed by atoms with Gasteiger partial charge in [0, 0.05) is 30.2 Å². The highest BCUT2D eigenvalue weighted by Crippen LogP contribution is 2.26. The maximum Gasteiger partial charge on any atom is 0.259 e. The van der Waals surface area contributed by atoms with Crippen LogP contribution < -0.4 is 21.3 Å². The molecule has 34 heavy (non-hydrogen) atoms. The van der Waals surface area contributed by atoms with Crippen LogP contribution in [0.2, 0.25) is 0 Å². The summed E-state index contributed by atoms with van der Waals surface area (Å²) in [6, 6.07) is 15.9. The Morgan fingerprint density at radius 2 is 1.65 bits per heavy atom. The number of aromatic nitrogens is 2. The number of nitrogens with one attached hydrogen (secondary N) is 2. The van der Waals surface area contributed by atoms with Crippen molar-refractivity contribution in [1.82, 2.24) is 9.97 Å². The largest absolute Gasteiger partial charge is 0.384 e. The molecule has 176 valence electrons. The van der Waals surface area contributed by atoms with Crippen LogP contribution >= 0.6 is 0 Å². The van der Waals surface area contributed by atoms with Gasteiger partial charge in [0.2, 0.25) is 5.91 Å². The molecule has 2 amide bonds. The average Bonchev–Trinajstić information content (AvgIpc) is 2.80. The Morgan fingerprint density at radius 1 is 0.971 bits per heavy atom. The molecule has 0 radical (unpaired) electrons. The molecule has 1 aliphatic heterocycles. The number of nitrogens with zero attached hydrogens (tertiary/aromatic N) is 3. The zero-order valence-electron chi connectivity index (χ0n) is 19.5. The molecule has 4 rings (SSSR count). The molecule has 8 nitrogen and oxygen atoms in total. The van der Waals surface area contributed by atoms with Gasteiger partial charge < -0.3 is 21.3 Å². The highest BCUT2D eigenvalue weighted by molar-refractivity contribution is 6.07. The van der Waals surface area contributed by atoms with Crippen LogP contribution in [-0.2, 0) is 11.2 Å². The minimum Gasteiger partial charge on any atom is -0.384 e. The van der Waals surface area contributed by atoms with E-state index in [0.29, 0.717) is 34.4 Å². The molecule has 0 spiro atoms. The minimum absolute atomic E-state index is 0.127. The van der Waals surface area contributed by atoms with Crippen LogP contribution in [0.15, 0.2) is 54.6 Å². The fourth-order valence-electron chi connectivity index (χ4n) is 3.98. The second kappa shape index (κ2) is 10.3. The Balaban J connectivity index is 1.40. The molecule has 0 atom stereocenters. The van der Waals surface area contributed by atoms with Gasteiger partial charge in [-0.15, -0.1) is 0 Å². The first-order valence-corrected chi connectivity index (χ1v) is 11.5. The Bertz CT molecular complexity index is 1170. The lowest BCUT2D eigenvalue weighted by Gasteiger charge is -2.32. The van der Waals surface area contributed by atoms with Gasteiger partial charge in [-0.2, -0.15) is 0 Å². The average molecular weight is 459 g/mol. The van der Waals surface area contributed by atoms with Gasteiger partial charge in [-0.3, -0.25) is 9.59 Å². The van der Waals surface area contributed by atoms with E-state index >= 15 is 0 Å². The molecule has 4 N–H and O–H groups in total. The Labute approximate surface area is 199 Å². The van der Waals surface area contributed by atoms with E-state index < -0.39 is 0 Å². The molecular weight excluding hydrogens is 428 g/mol. The zero-order chi connectivity index (χ0) is 24.1. The summed E-state index contributed by atoms with van der Waals surface area (Å²) in [5, 5.41) is 5.79. The first-order chi connectivity index (χ1) is 16.4. The monoisotopic (exact) mass is 458 g/mol. The van der Waals surface area contributed by atoms with E-state index in [9.17, 15) is 9.59 Å². The van der Waals surface area contributed by atoms with Crippen molar-refractivity contribution in [3.63, 3.8) is 0 Å². The van der Waals surface area contributed by atoms with Crippen molar-refractivity contribution in [3.05, 3.63) is 71.5 Å². The van der Waals surface area contributed by atoms with Crippen molar-refractivity contribution in [2.75, 3.05) is 34.4 Å². The number of nitrogen functional groups attached to an aromatic ring is 1. The Hall–Kier alpha value is -3.94. The number of carbonyl (C=O) groups excluding carboxylic acids is 2. The van der Waals surface area contributed by atoms with Crippen LogP contribution in [0.5, 0.6) is 0 Å². The van der Waals surface area contributed by atoms with Crippen LogP contribution in [0.3, 0.4) is 0 Å². The van der Waals surface area contributed by atoms with Crippen LogP contribution in [0.1, 0.15) is 41.5 Å². The van der Waals surface area contributed by atoms with Gasteiger partial charge in [0.1, 0.15) is 11.6 Å². The van der Waals surface area contributed by atoms with E-state index in [1.807, 2.05) is 19.1 Å². The molecule has 1 aromatic carbocycles. The van der Waals surface area contributed by atoms with Crippen LogP contribution in [0.25, 0.3) is 0 Å². The number of nitrogens with two attached hydrogens (primary N) is 1. The van der Waals surface area contributed by atoms with Gasteiger partial charge >= 0.3 is 0 Å². The molecule has 0 saturated carbocycles. The smallest absolute Gasteiger partial charge is 0.259 e. The number of amides is 2. The molecular formula is C26H30N6O2. The Kier molecular flexibility index (Phi) is 7.06. The maximum atomic E-state index is 13.1. The van der Waals surface area contributed by atoms with Crippen molar-refractivity contribution in [2.24, 2.45) is 5.92 Å². The highest BCUT2D eigenvalue weighted by Gasteiger charge is 2.22. The highest BCUT2D eigenvalue weighted by atomic mass is 16.2. The molecule has 0 unspecified atom stereocenters. The second-order valence-electron chi connectivity index (χ2n) is 8.80. The fourth-order valence-corrected chi connectivity index (χ4v) is 3.98. The van der Waals surface area contributed by atoms with Crippen molar-refractivity contribution in [1.29, 1.82) is 0 Å². The van der Waals surface area contributed by atoms with E-state index in [-0.39, 0.29) is 18.2 Å². The molecule has 8 heteroatoms. The van der Waals surface area contributed by atoms with Gasteiger partial charge in [-0.05, 0) is 74.2 Å². The van der Waals surface area contributed by atoms with Gasteiger partial charge in [0.05, 0.1) is 17.7 Å². The zero-order valence-corrected chi connectivity index (χ0v) is 19.5. The standard InChI is InChI=1S/C26H30N6O2/c1-17-12-14-32(15-13-17)25-22(11-6-18(2)28-25)26(34)31-20-9-7-19(8-10-20)30-24(33)16-21-4-3-5-23(27)29-21/h3-11,17H,12-16H2,1-2H3,(H2,27,29)(H,30,33)(H,31,34). The third-order valence-corrected chi connectivity index (χ3v) is 5.94. The fraction of sp³-hybridized carbons (Fsp3) is 0.308. The number of benzene rings is 1. The van der Waals surface area contributed by atoms with Gasteiger partial charge in [-0.25, -0.2) is 9.97 Å². The van der Waals surface area contributed by atoms with Crippen molar-refractivity contribution < 1.29 is 9.59 Å². The van der Waals surface area contributed by atoms with Crippen molar-refractivity contribution in [3.8, 4) is 0 Å². The van der Waals surface area contributed by atoms with Crippen molar-refractivity contribution in [2.45, 2.75) is 33.1 Å². The lowest BCUT2D eigenvalue weighted by atomic mass is 9.99. The first kappa shape index (κ1) is 23.2. The van der Waals surface area contributed by atoms with E-state index in [1.54, 1.807) is 42.5 Å². The summed E-state index contributed by atoms with van der Waals surface area (Å²) in [5.41, 5.74) is 8.99. The molecule has 2 aromatic heterocycles. The van der Waals surface area contributed by atoms with Gasteiger partial charge in [-0.1, -0.05) is 13.0 Å². The predicted molar refractivity (Wildman–Crippen MR) is 135 cm³/mol. The van der Waals surface area contributed by atoms with E-state index in [2.05, 4.69) is 32.4 Å². The quantitative estimate of drug-likeness (QED) is 0.514. The molecule has 1 aliphatic rings. The van der Waals surface area contributed by atoms with Crippen LogP contribution in [-0.4, -0.2) is 34.9 Å². The predicted octanol–water partition coefficient (Wildman–Crippen LogP) is 4.04. The molecule has 3 aromatic rings. The summed E-state index contributed by atoms with van der Waals surface area (Å²) in [7, 11) is 0. The molecule has 0 aliphatic carbocycles. The van der Waals surface area contributed by atoms with E-state index in [0.717, 1.165) is 37.4 Å². The SMILES string of the molecule is Cc1ccc(C(=O)Nc2ccc(NC(=O)Cc3cccc(N)n3)cc2)c(N2CCC(C)CC2)n1. The summed E-state index contributed by atoms with van der Waals surface area (Å²) >= 11 is 0. The van der Waals surface area contributed by atoms with Crippen molar-refractivity contribution >= 4 is 34.8 Å². The number of carbonyl (C=O) groups is 2. The van der Waals surface area contributed by atoms with Crippen LogP contribution in [0.4, 0.5) is 23.0 Å². The summed E-state index contributed by atoms with van der Waals surface area (Å²) in [6.07, 6.45) is 2.32. The number of hydrogen-bond acceptors (Lipinski definition) is 6. The van der Waals surface area contributed by atoms with Crippen LogP contribution in [0, 0.1) is 12.8 Å². The minimum atomic E-state index is -0.203. The summed E-state index contributed by atoms with van der Waals surface area (Å²) in [6.45, 7) is 6.00. The lowest BCUT2D eigenvalue weighted by molar-refractivity contribution is -0.115. The molecule has 1 saturated heterocycles. The molecule has 0 bridgehead atoms. The third-order valence-electron chi connectivity index (χ3n) is 5.94. The number of aryl methyl sites for hydroxylation is 1. The van der Waals surface area contributed by atoms with E-state index in [4.69, 9.17) is 5.73 Å². The number of rotatable bonds is 6. The topological polar surface area (TPSA) is 113 Å². The second-order valence-corrected chi connectivity index (χ2v) is 8.80. The van der Waals surface area contributed by atoms with Gasteiger partial charge in [0.15, 0.2) is 0 Å². The lowest BCUT2D eigenvalue weighted by Crippen LogP contribution is -2.35. The number of piperidine rings is 1. The number of pyridine rings is 2. The summed E-state index contributed by atoms with van der Waals surface area (Å²) in [5.74, 6) is 1.42. The first-order valence-electron chi connectivity index (χ1n) is 11.5. The number of hydrogen-bond donors (Lipinski definition) is 3. The molecule has 1 fully saturated rings. The summed E-state index contributed by atoms with van der Waals surface area (Å²) < 4.78 is 0.